The molecule has 5 rings (SSSR count). The Balaban J connectivity index is 0.000000251. The van der Waals surface area contributed by atoms with Crippen LogP contribution in [0.25, 0.3) is 0 Å². The van der Waals surface area contributed by atoms with Crippen LogP contribution in [0.4, 0.5) is 47.3 Å². The second-order valence-corrected chi connectivity index (χ2v) is 14.3. The van der Waals surface area contributed by atoms with Crippen molar-refractivity contribution in [3.63, 3.8) is 0 Å². The molecule has 1 atom stereocenters. The van der Waals surface area contributed by atoms with Crippen molar-refractivity contribution in [1.29, 1.82) is 0 Å². The standard InChI is InChI=1S/C18H14F3N3O6S.C10H7F3N2O4S/c1-10-15(25)24(12-2-4-13(5-3-12)31(29,30)18(19,20)21)17(28)23(10)9-11-6-7-22-14(8-11)16(26)27;11-10(12,13)20(18,19)7-3-1-6(2-4-7)15-5-8(16)14-9(15)17/h2-8,10H,9H2,1H3,(H,26,27);1-4H,5H2,(H,14,16,17). The van der Waals surface area contributed by atoms with Crippen LogP contribution in [0.1, 0.15) is 23.0 Å². The molecule has 23 heteroatoms. The third-order valence-electron chi connectivity index (χ3n) is 7.15. The van der Waals surface area contributed by atoms with Gasteiger partial charge in [-0.2, -0.15) is 26.3 Å². The number of nitrogens with one attached hydrogen (secondary N) is 1. The number of urea groups is 2. The number of anilines is 2. The van der Waals surface area contributed by atoms with E-state index in [1.54, 1.807) is 0 Å². The fourth-order valence-corrected chi connectivity index (χ4v) is 6.06. The Morgan fingerprint density at radius 1 is 0.843 bits per heavy atom. The average molecular weight is 766 g/mol. The number of nitrogens with zero attached hydrogens (tertiary/aromatic N) is 4. The third-order valence-corrected chi connectivity index (χ3v) is 10.1. The number of hydrogen-bond acceptors (Lipinski definition) is 10. The van der Waals surface area contributed by atoms with Gasteiger partial charge in [0.25, 0.3) is 25.6 Å². The van der Waals surface area contributed by atoms with Crippen LogP contribution in [-0.2, 0) is 35.8 Å². The van der Waals surface area contributed by atoms with E-state index < -0.39 is 76.4 Å². The predicted octanol–water partition coefficient (Wildman–Crippen LogP) is 3.47. The average Bonchev–Trinajstić information content (AvgIpc) is 3.49. The van der Waals surface area contributed by atoms with Crippen LogP contribution >= 0.6 is 0 Å². The predicted molar refractivity (Wildman–Crippen MR) is 159 cm³/mol. The van der Waals surface area contributed by atoms with Crippen LogP contribution in [0.2, 0.25) is 0 Å². The van der Waals surface area contributed by atoms with Crippen LogP contribution in [0.15, 0.2) is 76.7 Å². The number of hydrogen-bond donors (Lipinski definition) is 2. The van der Waals surface area contributed by atoms with Crippen molar-refractivity contribution < 1.29 is 72.3 Å². The van der Waals surface area contributed by atoms with Gasteiger partial charge in [0.15, 0.2) is 0 Å². The van der Waals surface area contributed by atoms with Crippen molar-refractivity contribution in [2.24, 2.45) is 0 Å². The molecule has 0 radical (unpaired) electrons. The number of carboxylic acid groups (broad SMARTS) is 1. The number of amides is 6. The number of carbonyl (C=O) groups excluding carboxylic acids is 4. The van der Waals surface area contributed by atoms with E-state index in [1.165, 1.54) is 25.3 Å². The summed E-state index contributed by atoms with van der Waals surface area (Å²) in [5.74, 6) is -2.50. The number of carbonyl (C=O) groups is 5. The molecule has 272 valence electrons. The van der Waals surface area contributed by atoms with E-state index in [2.05, 4.69) is 4.98 Å². The number of alkyl halides is 6. The highest BCUT2D eigenvalue weighted by molar-refractivity contribution is 7.92. The number of pyridine rings is 1. The molecule has 1 unspecified atom stereocenters. The van der Waals surface area contributed by atoms with Gasteiger partial charge in [-0.05, 0) is 73.2 Å². The molecule has 2 aromatic carbocycles. The molecule has 2 N–H and O–H groups in total. The van der Waals surface area contributed by atoms with Crippen molar-refractivity contribution >= 4 is 60.9 Å². The summed E-state index contributed by atoms with van der Waals surface area (Å²) in [6.07, 6.45) is 1.24. The van der Waals surface area contributed by atoms with Gasteiger partial charge < -0.3 is 10.0 Å². The lowest BCUT2D eigenvalue weighted by molar-refractivity contribution is -0.119. The molecule has 3 heterocycles. The number of rotatable bonds is 7. The molecule has 3 aromatic rings. The van der Waals surface area contributed by atoms with Crippen molar-refractivity contribution in [3.05, 3.63) is 78.1 Å². The van der Waals surface area contributed by atoms with E-state index in [0.29, 0.717) is 22.6 Å². The number of benzene rings is 2. The van der Waals surface area contributed by atoms with Gasteiger partial charge in [-0.1, -0.05) is 0 Å². The zero-order valence-electron chi connectivity index (χ0n) is 25.3. The lowest BCUT2D eigenvalue weighted by atomic mass is 10.2. The Morgan fingerprint density at radius 2 is 1.33 bits per heavy atom. The first-order chi connectivity index (χ1) is 23.5. The van der Waals surface area contributed by atoms with Crippen LogP contribution in [0, 0.1) is 0 Å². The lowest BCUT2D eigenvalue weighted by Gasteiger charge is -2.19. The van der Waals surface area contributed by atoms with Crippen molar-refractivity contribution in [1.82, 2.24) is 15.2 Å². The Labute approximate surface area is 282 Å². The molecule has 0 aliphatic carbocycles. The minimum Gasteiger partial charge on any atom is -0.477 e. The fourth-order valence-electron chi connectivity index (χ4n) is 4.53. The van der Waals surface area contributed by atoms with Gasteiger partial charge in [0.05, 0.1) is 15.5 Å². The maximum Gasteiger partial charge on any atom is 0.501 e. The summed E-state index contributed by atoms with van der Waals surface area (Å²) in [6.45, 7) is 1.04. The first-order valence-corrected chi connectivity index (χ1v) is 16.7. The van der Waals surface area contributed by atoms with Crippen molar-refractivity contribution in [3.8, 4) is 0 Å². The Kier molecular flexibility index (Phi) is 10.2. The number of imide groups is 2. The molecular weight excluding hydrogens is 744 g/mol. The van der Waals surface area contributed by atoms with Gasteiger partial charge >= 0.3 is 29.0 Å². The van der Waals surface area contributed by atoms with Crippen LogP contribution in [-0.4, -0.2) is 85.3 Å². The molecule has 51 heavy (non-hydrogen) atoms. The van der Waals surface area contributed by atoms with Gasteiger partial charge in [0.2, 0.25) is 5.91 Å². The second-order valence-electron chi connectivity index (χ2n) is 10.4. The largest absolute Gasteiger partial charge is 0.501 e. The summed E-state index contributed by atoms with van der Waals surface area (Å²) in [5.41, 5.74) is -10.7. The molecule has 0 spiro atoms. The first-order valence-electron chi connectivity index (χ1n) is 13.7. The van der Waals surface area contributed by atoms with Gasteiger partial charge in [0.1, 0.15) is 18.3 Å². The summed E-state index contributed by atoms with van der Waals surface area (Å²) in [5, 5.41) is 11.0. The van der Waals surface area contributed by atoms with Crippen LogP contribution in [0.3, 0.4) is 0 Å². The van der Waals surface area contributed by atoms with Gasteiger partial charge in [0, 0.05) is 18.4 Å². The van der Waals surface area contributed by atoms with Crippen molar-refractivity contribution in [2.75, 3.05) is 16.3 Å². The van der Waals surface area contributed by atoms with E-state index in [4.69, 9.17) is 5.11 Å². The van der Waals surface area contributed by atoms with Crippen molar-refractivity contribution in [2.45, 2.75) is 40.3 Å². The van der Waals surface area contributed by atoms with Gasteiger partial charge in [-0.25, -0.2) is 41.1 Å². The lowest BCUT2D eigenvalue weighted by Crippen LogP contribution is -2.33. The molecule has 2 aliphatic heterocycles. The highest BCUT2D eigenvalue weighted by Crippen LogP contribution is 2.33. The zero-order valence-corrected chi connectivity index (χ0v) is 27.0. The Morgan fingerprint density at radius 3 is 1.76 bits per heavy atom. The van der Waals surface area contributed by atoms with Crippen LogP contribution in [0.5, 0.6) is 0 Å². The smallest absolute Gasteiger partial charge is 0.477 e. The second kappa shape index (κ2) is 13.6. The number of carboxylic acids is 1. The first kappa shape index (κ1) is 38.2. The molecule has 2 saturated heterocycles. The Bertz CT molecular complexity index is 2130. The summed E-state index contributed by atoms with van der Waals surface area (Å²) in [7, 11) is -11.0. The van der Waals surface area contributed by atoms with E-state index in [0.717, 1.165) is 46.2 Å². The number of aromatic carboxylic acids is 1. The minimum atomic E-state index is -5.57. The highest BCUT2D eigenvalue weighted by atomic mass is 32.2. The van der Waals surface area contributed by atoms with Gasteiger partial charge in [-0.15, -0.1) is 0 Å². The summed E-state index contributed by atoms with van der Waals surface area (Å²) < 4.78 is 120. The van der Waals surface area contributed by atoms with E-state index >= 15 is 0 Å². The molecule has 15 nitrogen and oxygen atoms in total. The molecule has 2 fully saturated rings. The van der Waals surface area contributed by atoms with E-state index in [9.17, 15) is 67.2 Å². The molecule has 6 amide bonds. The summed E-state index contributed by atoms with van der Waals surface area (Å²) in [4.78, 5) is 63.3. The zero-order chi connectivity index (χ0) is 38.3. The third kappa shape index (κ3) is 7.62. The van der Waals surface area contributed by atoms with Gasteiger partial charge in [-0.3, -0.25) is 19.8 Å². The molecule has 0 saturated carbocycles. The monoisotopic (exact) mass is 765 g/mol. The fraction of sp³-hybridized carbons (Fsp3) is 0.214. The number of aromatic nitrogens is 1. The maximum atomic E-state index is 12.8. The summed E-state index contributed by atoms with van der Waals surface area (Å²) >= 11 is 0. The molecule has 0 bridgehead atoms. The SMILES string of the molecule is CC1C(=O)N(c2ccc(S(=O)(=O)C(F)(F)F)cc2)C(=O)N1Cc1ccnc(C(=O)O)c1.O=C1CN(c2ccc(S(=O)(=O)C(F)(F)F)cc2)C(=O)N1. The molecule has 2 aliphatic rings. The Hall–Kier alpha value is -5.58. The van der Waals surface area contributed by atoms with E-state index in [-0.39, 0.29) is 30.2 Å². The maximum absolute atomic E-state index is 12.8. The highest BCUT2D eigenvalue weighted by Gasteiger charge is 2.48. The quantitative estimate of drug-likeness (QED) is 0.263. The molecular formula is C28H21F6N5O10S2. The molecule has 1 aromatic heterocycles. The summed E-state index contributed by atoms with van der Waals surface area (Å²) in [6, 6.07) is 6.94. The van der Waals surface area contributed by atoms with Crippen LogP contribution < -0.4 is 15.1 Å². The topological polar surface area (TPSA) is 208 Å². The number of halogens is 6. The number of sulfone groups is 2. The van der Waals surface area contributed by atoms with E-state index in [1.807, 2.05) is 5.32 Å². The minimum absolute atomic E-state index is 0.105. The normalized spacial score (nSPS) is 17.0.